The Morgan fingerprint density at radius 1 is 1.00 bits per heavy atom. The average Bonchev–Trinajstić information content (AvgIpc) is 2.61. The van der Waals surface area contributed by atoms with E-state index >= 15 is 0 Å². The molecule has 0 N–H and O–H groups in total. The van der Waals surface area contributed by atoms with Crippen LogP contribution in [0.2, 0.25) is 0 Å². The molecule has 144 valence electrons. The molecule has 0 bridgehead atoms. The molecule has 1 fully saturated rings. The van der Waals surface area contributed by atoms with E-state index in [0.29, 0.717) is 6.04 Å². The standard InChI is InChI=1S/C22H35N3O/c1-18-6-11-21(12-7-18)25(17-16-23(2)3)22(26)15-10-19-8-13-20(14-9-19)24(4)5/h8-10,13-15,18,21H,6-7,11-12,16-17H2,1-5H3/t18-,21-. The summed E-state index contributed by atoms with van der Waals surface area (Å²) < 4.78 is 0. The van der Waals surface area contributed by atoms with Crippen molar-refractivity contribution in [3.05, 3.63) is 35.9 Å². The number of likely N-dealkylation sites (N-methyl/N-ethyl adjacent to an activating group) is 1. The summed E-state index contributed by atoms with van der Waals surface area (Å²) in [6, 6.07) is 8.67. The van der Waals surface area contributed by atoms with Gasteiger partial charge in [0.25, 0.3) is 0 Å². The lowest BCUT2D eigenvalue weighted by molar-refractivity contribution is -0.129. The van der Waals surface area contributed by atoms with Gasteiger partial charge in [0.2, 0.25) is 5.91 Å². The normalized spacial score (nSPS) is 20.5. The molecule has 1 aromatic carbocycles. The first-order chi connectivity index (χ1) is 12.4. The minimum Gasteiger partial charge on any atom is -0.378 e. The predicted octanol–water partition coefficient (Wildman–Crippen LogP) is 3.73. The fourth-order valence-electron chi connectivity index (χ4n) is 3.48. The number of nitrogens with zero attached hydrogens (tertiary/aromatic N) is 3. The predicted molar refractivity (Wildman–Crippen MR) is 111 cm³/mol. The maximum Gasteiger partial charge on any atom is 0.246 e. The minimum absolute atomic E-state index is 0.142. The zero-order valence-electron chi connectivity index (χ0n) is 17.1. The molecule has 0 radical (unpaired) electrons. The first-order valence-corrected chi connectivity index (χ1v) is 9.77. The van der Waals surface area contributed by atoms with Gasteiger partial charge < -0.3 is 14.7 Å². The summed E-state index contributed by atoms with van der Waals surface area (Å²) in [7, 11) is 8.19. The van der Waals surface area contributed by atoms with Crippen LogP contribution in [0, 0.1) is 5.92 Å². The van der Waals surface area contributed by atoms with Crippen LogP contribution in [0.25, 0.3) is 6.08 Å². The van der Waals surface area contributed by atoms with E-state index in [0.717, 1.165) is 43.1 Å². The number of anilines is 1. The minimum atomic E-state index is 0.142. The summed E-state index contributed by atoms with van der Waals surface area (Å²) in [5, 5.41) is 0. The lowest BCUT2D eigenvalue weighted by Gasteiger charge is -2.36. The van der Waals surface area contributed by atoms with Crippen LogP contribution in [-0.4, -0.2) is 63.0 Å². The van der Waals surface area contributed by atoms with Crippen LogP contribution in [-0.2, 0) is 4.79 Å². The maximum atomic E-state index is 12.9. The average molecular weight is 358 g/mol. The molecule has 2 rings (SSSR count). The van der Waals surface area contributed by atoms with Crippen molar-refractivity contribution in [1.82, 2.24) is 9.80 Å². The third-order valence-corrected chi connectivity index (χ3v) is 5.33. The third kappa shape index (κ3) is 6.17. The Balaban J connectivity index is 2.04. The number of hydrogen-bond acceptors (Lipinski definition) is 3. The molecule has 4 heteroatoms. The van der Waals surface area contributed by atoms with Gasteiger partial charge >= 0.3 is 0 Å². The number of amides is 1. The van der Waals surface area contributed by atoms with E-state index < -0.39 is 0 Å². The lowest BCUT2D eigenvalue weighted by Crippen LogP contribution is -2.44. The summed E-state index contributed by atoms with van der Waals surface area (Å²) in [5.41, 5.74) is 2.23. The van der Waals surface area contributed by atoms with Gasteiger partial charge in [0.15, 0.2) is 0 Å². The van der Waals surface area contributed by atoms with Gasteiger partial charge in [-0.3, -0.25) is 4.79 Å². The molecule has 1 saturated carbocycles. The van der Waals surface area contributed by atoms with Crippen molar-refractivity contribution in [2.75, 3.05) is 46.2 Å². The number of carbonyl (C=O) groups excluding carboxylic acids is 1. The van der Waals surface area contributed by atoms with E-state index in [2.05, 4.69) is 60.0 Å². The molecule has 1 aromatic rings. The molecule has 0 atom stereocenters. The highest BCUT2D eigenvalue weighted by atomic mass is 16.2. The highest BCUT2D eigenvalue weighted by molar-refractivity contribution is 5.92. The largest absolute Gasteiger partial charge is 0.378 e. The first kappa shape index (κ1) is 20.5. The van der Waals surface area contributed by atoms with Crippen molar-refractivity contribution in [2.24, 2.45) is 5.92 Å². The fourth-order valence-corrected chi connectivity index (χ4v) is 3.48. The maximum absolute atomic E-state index is 12.9. The highest BCUT2D eigenvalue weighted by Crippen LogP contribution is 2.27. The number of benzene rings is 1. The second kappa shape index (κ2) is 9.77. The van der Waals surface area contributed by atoms with E-state index in [9.17, 15) is 4.79 Å². The van der Waals surface area contributed by atoms with Gasteiger partial charge in [-0.05, 0) is 69.5 Å². The molecular weight excluding hydrogens is 322 g/mol. The Hall–Kier alpha value is -1.81. The van der Waals surface area contributed by atoms with Crippen molar-refractivity contribution < 1.29 is 4.79 Å². The fraction of sp³-hybridized carbons (Fsp3) is 0.591. The molecule has 0 saturated heterocycles. The quantitative estimate of drug-likeness (QED) is 0.696. The number of rotatable bonds is 7. The van der Waals surface area contributed by atoms with Crippen molar-refractivity contribution in [3.63, 3.8) is 0 Å². The van der Waals surface area contributed by atoms with Gasteiger partial charge in [-0.2, -0.15) is 0 Å². The van der Waals surface area contributed by atoms with Crippen molar-refractivity contribution in [2.45, 2.75) is 38.6 Å². The third-order valence-electron chi connectivity index (χ3n) is 5.33. The summed E-state index contributed by atoms with van der Waals surface area (Å²) in [4.78, 5) is 19.2. The van der Waals surface area contributed by atoms with Crippen molar-refractivity contribution in [3.8, 4) is 0 Å². The van der Waals surface area contributed by atoms with E-state index in [-0.39, 0.29) is 5.91 Å². The zero-order valence-corrected chi connectivity index (χ0v) is 17.1. The van der Waals surface area contributed by atoms with Crippen LogP contribution in [0.3, 0.4) is 0 Å². The van der Waals surface area contributed by atoms with Gasteiger partial charge in [0.1, 0.15) is 0 Å². The van der Waals surface area contributed by atoms with Crippen molar-refractivity contribution >= 4 is 17.7 Å². The summed E-state index contributed by atoms with van der Waals surface area (Å²) in [6.07, 6.45) is 8.41. The summed E-state index contributed by atoms with van der Waals surface area (Å²) in [6.45, 7) is 4.03. The highest BCUT2D eigenvalue weighted by Gasteiger charge is 2.26. The lowest BCUT2D eigenvalue weighted by atomic mass is 9.86. The van der Waals surface area contributed by atoms with Gasteiger partial charge in [-0.1, -0.05) is 19.1 Å². The van der Waals surface area contributed by atoms with Crippen molar-refractivity contribution in [1.29, 1.82) is 0 Å². The van der Waals surface area contributed by atoms with Crippen LogP contribution < -0.4 is 4.90 Å². The Morgan fingerprint density at radius 3 is 2.15 bits per heavy atom. The van der Waals surface area contributed by atoms with Gasteiger partial charge in [-0.15, -0.1) is 0 Å². The Morgan fingerprint density at radius 2 is 1.62 bits per heavy atom. The molecule has 4 nitrogen and oxygen atoms in total. The van der Waals surface area contributed by atoms with Gasteiger partial charge in [0.05, 0.1) is 0 Å². The van der Waals surface area contributed by atoms with Crippen LogP contribution in [0.5, 0.6) is 0 Å². The zero-order chi connectivity index (χ0) is 19.1. The topological polar surface area (TPSA) is 26.8 Å². The number of hydrogen-bond donors (Lipinski definition) is 0. The van der Waals surface area contributed by atoms with Gasteiger partial charge in [0, 0.05) is 45.0 Å². The SMILES string of the molecule is CN(C)CCN(C(=O)C=Cc1ccc(N(C)C)cc1)[C@H]1CC[C@H](C)CC1. The van der Waals surface area contributed by atoms with E-state index in [1.165, 1.54) is 12.8 Å². The Labute approximate surface area is 159 Å². The van der Waals surface area contributed by atoms with Gasteiger partial charge in [-0.25, -0.2) is 0 Å². The summed E-state index contributed by atoms with van der Waals surface area (Å²) in [5.74, 6) is 0.936. The Bertz CT molecular complexity index is 584. The van der Waals surface area contributed by atoms with E-state index in [1.54, 1.807) is 6.08 Å². The first-order valence-electron chi connectivity index (χ1n) is 9.77. The molecule has 1 aliphatic rings. The number of carbonyl (C=O) groups is 1. The molecule has 1 amide bonds. The molecule has 0 aromatic heterocycles. The molecule has 0 spiro atoms. The second-order valence-corrected chi connectivity index (χ2v) is 8.07. The Kier molecular flexibility index (Phi) is 7.70. The van der Waals surface area contributed by atoms with Crippen LogP contribution in [0.4, 0.5) is 5.69 Å². The van der Waals surface area contributed by atoms with E-state index in [4.69, 9.17) is 0 Å². The van der Waals surface area contributed by atoms with Crippen LogP contribution >= 0.6 is 0 Å². The molecular formula is C22H35N3O. The second-order valence-electron chi connectivity index (χ2n) is 8.07. The molecule has 0 unspecified atom stereocenters. The van der Waals surface area contributed by atoms with Crippen LogP contribution in [0.1, 0.15) is 38.2 Å². The molecule has 0 heterocycles. The molecule has 1 aliphatic carbocycles. The molecule has 0 aliphatic heterocycles. The monoisotopic (exact) mass is 357 g/mol. The van der Waals surface area contributed by atoms with Crippen LogP contribution in [0.15, 0.2) is 30.3 Å². The smallest absolute Gasteiger partial charge is 0.246 e. The summed E-state index contributed by atoms with van der Waals surface area (Å²) >= 11 is 0. The molecule has 26 heavy (non-hydrogen) atoms. The van der Waals surface area contributed by atoms with E-state index in [1.807, 2.05) is 20.2 Å².